The molecule has 1 amide bonds. The highest BCUT2D eigenvalue weighted by atomic mass is 16.5. The van der Waals surface area contributed by atoms with E-state index in [2.05, 4.69) is 12.2 Å². The summed E-state index contributed by atoms with van der Waals surface area (Å²) in [5.74, 6) is 1.51. The van der Waals surface area contributed by atoms with E-state index in [-0.39, 0.29) is 11.7 Å². The van der Waals surface area contributed by atoms with E-state index in [0.29, 0.717) is 25.3 Å². The molecular weight excluding hydrogens is 354 g/mol. The molecule has 5 nitrogen and oxygen atoms in total. The summed E-state index contributed by atoms with van der Waals surface area (Å²) in [5, 5.41) is 12.2. The molecule has 2 rings (SSSR count). The fraction of sp³-hybridized carbons (Fsp3) is 0.348. The molecule has 28 heavy (non-hydrogen) atoms. The highest BCUT2D eigenvalue weighted by Crippen LogP contribution is 2.26. The second-order valence-electron chi connectivity index (χ2n) is 6.50. The lowest BCUT2D eigenvalue weighted by atomic mass is 10.1. The summed E-state index contributed by atoms with van der Waals surface area (Å²) in [6.45, 7) is 3.32. The zero-order valence-electron chi connectivity index (χ0n) is 16.6. The molecule has 5 heteroatoms. The van der Waals surface area contributed by atoms with Crippen molar-refractivity contribution in [2.45, 2.75) is 32.6 Å². The van der Waals surface area contributed by atoms with Gasteiger partial charge in [0.05, 0.1) is 13.7 Å². The van der Waals surface area contributed by atoms with Crippen molar-refractivity contribution < 1.29 is 19.4 Å². The number of aromatic hydroxyl groups is 1. The number of ether oxygens (including phenoxy) is 2. The second kappa shape index (κ2) is 11.7. The van der Waals surface area contributed by atoms with Crippen molar-refractivity contribution in [2.75, 3.05) is 20.3 Å². The van der Waals surface area contributed by atoms with Crippen LogP contribution in [0.5, 0.6) is 17.2 Å². The molecule has 0 radical (unpaired) electrons. The lowest BCUT2D eigenvalue weighted by molar-refractivity contribution is -0.116. The van der Waals surface area contributed by atoms with E-state index in [9.17, 15) is 9.90 Å². The summed E-state index contributed by atoms with van der Waals surface area (Å²) in [6, 6.07) is 12.5. The minimum atomic E-state index is -0.161. The Kier molecular flexibility index (Phi) is 8.92. The number of phenols is 1. The van der Waals surface area contributed by atoms with Gasteiger partial charge in [-0.25, -0.2) is 0 Å². The van der Waals surface area contributed by atoms with E-state index >= 15 is 0 Å². The molecule has 0 aliphatic heterocycles. The molecular formula is C23H29NO4. The average molecular weight is 383 g/mol. The van der Waals surface area contributed by atoms with Gasteiger partial charge in [0, 0.05) is 24.3 Å². The lowest BCUT2D eigenvalue weighted by Gasteiger charge is -2.11. The fourth-order valence-corrected chi connectivity index (χ4v) is 2.66. The molecule has 0 aromatic heterocycles. The van der Waals surface area contributed by atoms with E-state index < -0.39 is 0 Å². The number of carbonyl (C=O) groups excluding carboxylic acids is 1. The van der Waals surface area contributed by atoms with Crippen LogP contribution in [0.4, 0.5) is 0 Å². The van der Waals surface area contributed by atoms with Crippen LogP contribution in [0.2, 0.25) is 0 Å². The maximum Gasteiger partial charge on any atom is 0.244 e. The summed E-state index contributed by atoms with van der Waals surface area (Å²) >= 11 is 0. The van der Waals surface area contributed by atoms with Crippen molar-refractivity contribution in [3.05, 3.63) is 59.7 Å². The normalized spacial score (nSPS) is 10.8. The predicted octanol–water partition coefficient (Wildman–Crippen LogP) is 4.34. The van der Waals surface area contributed by atoms with Crippen LogP contribution in [0, 0.1) is 0 Å². The zero-order chi connectivity index (χ0) is 20.2. The number of benzene rings is 2. The van der Waals surface area contributed by atoms with Gasteiger partial charge in [-0.3, -0.25) is 4.79 Å². The molecule has 0 bridgehead atoms. The number of hydrogen-bond donors (Lipinski definition) is 2. The highest BCUT2D eigenvalue weighted by molar-refractivity contribution is 5.92. The van der Waals surface area contributed by atoms with Crippen molar-refractivity contribution >= 4 is 12.0 Å². The van der Waals surface area contributed by atoms with Gasteiger partial charge in [0.1, 0.15) is 17.2 Å². The van der Waals surface area contributed by atoms with Crippen LogP contribution in [0.3, 0.4) is 0 Å². The van der Waals surface area contributed by atoms with Gasteiger partial charge in [0.2, 0.25) is 5.91 Å². The van der Waals surface area contributed by atoms with E-state index in [1.807, 2.05) is 30.3 Å². The number of rotatable bonds is 11. The van der Waals surface area contributed by atoms with Crippen molar-refractivity contribution in [1.82, 2.24) is 5.32 Å². The first-order valence-corrected chi connectivity index (χ1v) is 9.67. The van der Waals surface area contributed by atoms with E-state index in [1.54, 1.807) is 25.3 Å². The van der Waals surface area contributed by atoms with Crippen LogP contribution in [0.1, 0.15) is 37.3 Å². The van der Waals surface area contributed by atoms with Crippen LogP contribution in [0.15, 0.2) is 48.5 Å². The molecule has 0 heterocycles. The summed E-state index contributed by atoms with van der Waals surface area (Å²) < 4.78 is 11.1. The monoisotopic (exact) mass is 383 g/mol. The van der Waals surface area contributed by atoms with Gasteiger partial charge in [-0.1, -0.05) is 31.9 Å². The maximum atomic E-state index is 12.1. The summed E-state index contributed by atoms with van der Waals surface area (Å²) in [5.41, 5.74) is 1.89. The molecule has 0 saturated heterocycles. The highest BCUT2D eigenvalue weighted by Gasteiger charge is 2.05. The molecule has 0 atom stereocenters. The maximum absolute atomic E-state index is 12.1. The Bertz CT molecular complexity index is 769. The summed E-state index contributed by atoms with van der Waals surface area (Å²) in [7, 11) is 1.62. The largest absolute Gasteiger partial charge is 0.508 e. The third-order valence-electron chi connectivity index (χ3n) is 4.29. The molecule has 2 aromatic rings. The Morgan fingerprint density at radius 3 is 2.64 bits per heavy atom. The Morgan fingerprint density at radius 1 is 1.14 bits per heavy atom. The standard InChI is InChI=1S/C23H29NO4/c1-3-4-5-16-28-22-17-21(27-2)12-8-19(22)9-13-23(26)24-15-14-18-6-10-20(25)11-7-18/h6-13,17,25H,3-5,14-16H2,1-2H3,(H,24,26). The summed E-state index contributed by atoms with van der Waals surface area (Å²) in [6.07, 6.45) is 7.22. The molecule has 0 aliphatic rings. The van der Waals surface area contributed by atoms with Crippen LogP contribution in [-0.4, -0.2) is 31.3 Å². The number of nitrogens with one attached hydrogen (secondary N) is 1. The van der Waals surface area contributed by atoms with Gasteiger partial charge < -0.3 is 19.9 Å². The van der Waals surface area contributed by atoms with Gasteiger partial charge in [-0.2, -0.15) is 0 Å². The van der Waals surface area contributed by atoms with E-state index in [1.165, 1.54) is 6.08 Å². The molecule has 150 valence electrons. The van der Waals surface area contributed by atoms with Crippen LogP contribution >= 0.6 is 0 Å². The molecule has 0 aliphatic carbocycles. The Morgan fingerprint density at radius 2 is 1.93 bits per heavy atom. The first-order chi connectivity index (χ1) is 13.6. The number of hydrogen-bond acceptors (Lipinski definition) is 4. The second-order valence-corrected chi connectivity index (χ2v) is 6.50. The average Bonchev–Trinajstić information content (AvgIpc) is 2.71. The van der Waals surface area contributed by atoms with Crippen LogP contribution in [0.25, 0.3) is 6.08 Å². The van der Waals surface area contributed by atoms with Crippen LogP contribution in [-0.2, 0) is 11.2 Å². The number of unbranched alkanes of at least 4 members (excludes halogenated alkanes) is 2. The quantitative estimate of drug-likeness (QED) is 0.447. The van der Waals surface area contributed by atoms with Gasteiger partial charge >= 0.3 is 0 Å². The number of carbonyl (C=O) groups is 1. The molecule has 2 aromatic carbocycles. The van der Waals surface area contributed by atoms with Crippen molar-refractivity contribution in [1.29, 1.82) is 0 Å². The molecule has 0 unspecified atom stereocenters. The van der Waals surface area contributed by atoms with Gasteiger partial charge in [-0.15, -0.1) is 0 Å². The van der Waals surface area contributed by atoms with Crippen molar-refractivity contribution in [2.24, 2.45) is 0 Å². The smallest absolute Gasteiger partial charge is 0.244 e. The van der Waals surface area contributed by atoms with E-state index in [4.69, 9.17) is 9.47 Å². The van der Waals surface area contributed by atoms with Gasteiger partial charge in [-0.05, 0) is 48.7 Å². The minimum absolute atomic E-state index is 0.161. The topological polar surface area (TPSA) is 67.8 Å². The Labute approximate surface area is 167 Å². The number of phenolic OH excluding ortho intramolecular Hbond substituents is 1. The Hall–Kier alpha value is -2.95. The zero-order valence-corrected chi connectivity index (χ0v) is 16.6. The summed E-state index contributed by atoms with van der Waals surface area (Å²) in [4.78, 5) is 12.1. The first-order valence-electron chi connectivity index (χ1n) is 9.67. The number of amides is 1. The third-order valence-corrected chi connectivity index (χ3v) is 4.29. The Balaban J connectivity index is 1.89. The first kappa shape index (κ1) is 21.4. The molecule has 0 saturated carbocycles. The van der Waals surface area contributed by atoms with Crippen molar-refractivity contribution in [3.8, 4) is 17.2 Å². The number of methoxy groups -OCH3 is 1. The molecule has 2 N–H and O–H groups in total. The molecule has 0 fully saturated rings. The van der Waals surface area contributed by atoms with Crippen molar-refractivity contribution in [3.63, 3.8) is 0 Å². The fourth-order valence-electron chi connectivity index (χ4n) is 2.66. The van der Waals surface area contributed by atoms with Gasteiger partial charge in [0.25, 0.3) is 0 Å². The SMILES string of the molecule is CCCCCOc1cc(OC)ccc1C=CC(=O)NCCc1ccc(O)cc1. The van der Waals surface area contributed by atoms with Crippen LogP contribution < -0.4 is 14.8 Å². The minimum Gasteiger partial charge on any atom is -0.508 e. The lowest BCUT2D eigenvalue weighted by Crippen LogP contribution is -2.23. The predicted molar refractivity (Wildman–Crippen MR) is 112 cm³/mol. The molecule has 0 spiro atoms. The third kappa shape index (κ3) is 7.35. The van der Waals surface area contributed by atoms with Gasteiger partial charge in [0.15, 0.2) is 0 Å². The van der Waals surface area contributed by atoms with E-state index in [0.717, 1.165) is 36.1 Å².